The maximum absolute atomic E-state index is 11.8. The van der Waals surface area contributed by atoms with E-state index in [1.54, 1.807) is 0 Å². The Labute approximate surface area is 118 Å². The summed E-state index contributed by atoms with van der Waals surface area (Å²) in [6.45, 7) is 5.15. The molecule has 0 aliphatic rings. The molecule has 1 atom stereocenters. The van der Waals surface area contributed by atoms with Crippen LogP contribution in [0.3, 0.4) is 0 Å². The molecular weight excluding hydrogens is 290 g/mol. The molecule has 0 fully saturated rings. The van der Waals surface area contributed by atoms with Gasteiger partial charge in [-0.15, -0.1) is 11.3 Å². The number of nitrogens with one attached hydrogen (secondary N) is 1. The van der Waals surface area contributed by atoms with Crippen LogP contribution in [0.15, 0.2) is 12.1 Å². The summed E-state index contributed by atoms with van der Waals surface area (Å²) < 4.78 is 24.3. The van der Waals surface area contributed by atoms with E-state index in [9.17, 15) is 8.42 Å². The molecule has 1 aromatic heterocycles. The van der Waals surface area contributed by atoms with E-state index in [4.69, 9.17) is 11.6 Å². The maximum atomic E-state index is 11.8. The first-order chi connectivity index (χ1) is 8.43. The second-order valence-electron chi connectivity index (χ2n) is 4.51. The number of hydrogen-bond donors (Lipinski definition) is 1. The highest BCUT2D eigenvalue weighted by Gasteiger charge is 2.14. The highest BCUT2D eigenvalue weighted by molar-refractivity contribution is 7.91. The third-order valence-electron chi connectivity index (χ3n) is 2.75. The molecule has 0 saturated heterocycles. The van der Waals surface area contributed by atoms with Gasteiger partial charge in [-0.3, -0.25) is 0 Å². The van der Waals surface area contributed by atoms with Crippen LogP contribution in [0, 0.1) is 5.92 Å². The van der Waals surface area contributed by atoms with Crippen molar-refractivity contribution in [3.05, 3.63) is 21.3 Å². The zero-order valence-electron chi connectivity index (χ0n) is 10.8. The molecule has 0 aliphatic heterocycles. The minimum Gasteiger partial charge on any atom is -0.311 e. The minimum atomic E-state index is -2.93. The lowest BCUT2D eigenvalue weighted by atomic mass is 10.2. The molecule has 0 radical (unpaired) electrons. The lowest BCUT2D eigenvalue weighted by Gasteiger charge is -2.09. The van der Waals surface area contributed by atoms with Gasteiger partial charge < -0.3 is 5.32 Å². The van der Waals surface area contributed by atoms with Gasteiger partial charge in [0.25, 0.3) is 0 Å². The molecule has 1 unspecified atom stereocenters. The molecular formula is C12H20ClNO2S2. The van der Waals surface area contributed by atoms with Gasteiger partial charge in [0.15, 0.2) is 9.84 Å². The summed E-state index contributed by atoms with van der Waals surface area (Å²) in [6, 6.07) is 3.80. The molecule has 104 valence electrons. The number of thiophene rings is 1. The van der Waals surface area contributed by atoms with E-state index in [-0.39, 0.29) is 17.4 Å². The predicted octanol–water partition coefficient (Wildman–Crippen LogP) is 2.95. The molecule has 0 bridgehead atoms. The molecule has 0 spiro atoms. The first-order valence-corrected chi connectivity index (χ1v) is 9.10. The highest BCUT2D eigenvalue weighted by Crippen LogP contribution is 2.20. The number of sulfone groups is 1. The van der Waals surface area contributed by atoms with E-state index in [0.717, 1.165) is 15.6 Å². The molecule has 0 amide bonds. The molecule has 1 heterocycles. The van der Waals surface area contributed by atoms with Crippen LogP contribution in [0.2, 0.25) is 4.34 Å². The zero-order chi connectivity index (χ0) is 13.6. The van der Waals surface area contributed by atoms with Crippen LogP contribution in [0.25, 0.3) is 0 Å². The van der Waals surface area contributed by atoms with Crippen LogP contribution in [0.5, 0.6) is 0 Å². The van der Waals surface area contributed by atoms with E-state index >= 15 is 0 Å². The predicted molar refractivity (Wildman–Crippen MR) is 79.1 cm³/mol. The SMILES string of the molecule is CCC(C)CS(=O)(=O)CCNCc1ccc(Cl)s1. The van der Waals surface area contributed by atoms with E-state index < -0.39 is 9.84 Å². The van der Waals surface area contributed by atoms with Crippen molar-refractivity contribution in [2.45, 2.75) is 26.8 Å². The second-order valence-corrected chi connectivity index (χ2v) is 8.54. The summed E-state index contributed by atoms with van der Waals surface area (Å²) in [5.41, 5.74) is 0. The molecule has 1 aromatic rings. The molecule has 18 heavy (non-hydrogen) atoms. The zero-order valence-corrected chi connectivity index (χ0v) is 13.2. The van der Waals surface area contributed by atoms with Gasteiger partial charge >= 0.3 is 0 Å². The van der Waals surface area contributed by atoms with E-state index in [0.29, 0.717) is 13.1 Å². The Balaban J connectivity index is 2.25. The molecule has 0 saturated carbocycles. The summed E-state index contributed by atoms with van der Waals surface area (Å²) in [5.74, 6) is 0.734. The minimum absolute atomic E-state index is 0.205. The van der Waals surface area contributed by atoms with Crippen LogP contribution in [0.1, 0.15) is 25.1 Å². The highest BCUT2D eigenvalue weighted by atomic mass is 35.5. The molecule has 3 nitrogen and oxygen atoms in total. The Kier molecular flexibility index (Phi) is 6.63. The lowest BCUT2D eigenvalue weighted by Crippen LogP contribution is -2.25. The quantitative estimate of drug-likeness (QED) is 0.751. The van der Waals surface area contributed by atoms with Crippen LogP contribution < -0.4 is 5.32 Å². The Morgan fingerprint density at radius 2 is 2.17 bits per heavy atom. The fraction of sp³-hybridized carbons (Fsp3) is 0.667. The van der Waals surface area contributed by atoms with Gasteiger partial charge in [0.05, 0.1) is 15.8 Å². The number of rotatable bonds is 8. The summed E-state index contributed by atoms with van der Waals surface area (Å²) in [6.07, 6.45) is 0.903. The van der Waals surface area contributed by atoms with Gasteiger partial charge in [-0.25, -0.2) is 8.42 Å². The molecule has 1 N–H and O–H groups in total. The van der Waals surface area contributed by atoms with Gasteiger partial charge in [0.2, 0.25) is 0 Å². The average molecular weight is 310 g/mol. The van der Waals surface area contributed by atoms with Crippen LogP contribution in [0.4, 0.5) is 0 Å². The molecule has 0 aromatic carbocycles. The van der Waals surface area contributed by atoms with Gasteiger partial charge in [-0.05, 0) is 18.1 Å². The van der Waals surface area contributed by atoms with E-state index in [1.165, 1.54) is 11.3 Å². The van der Waals surface area contributed by atoms with Gasteiger partial charge in [-0.1, -0.05) is 31.9 Å². The molecule has 1 rings (SSSR count). The first kappa shape index (κ1) is 16.0. The van der Waals surface area contributed by atoms with Crippen molar-refractivity contribution in [3.8, 4) is 0 Å². The molecule has 6 heteroatoms. The van der Waals surface area contributed by atoms with Crippen LogP contribution in [-0.2, 0) is 16.4 Å². The Hall–Kier alpha value is -0.100. The largest absolute Gasteiger partial charge is 0.311 e. The van der Waals surface area contributed by atoms with E-state index in [1.807, 2.05) is 26.0 Å². The Morgan fingerprint density at radius 3 is 2.72 bits per heavy atom. The third kappa shape index (κ3) is 6.18. The third-order valence-corrected chi connectivity index (χ3v) is 5.89. The van der Waals surface area contributed by atoms with E-state index in [2.05, 4.69) is 5.32 Å². The fourth-order valence-electron chi connectivity index (χ4n) is 1.52. The van der Waals surface area contributed by atoms with Crippen molar-refractivity contribution in [1.29, 1.82) is 0 Å². The topological polar surface area (TPSA) is 46.2 Å². The number of hydrogen-bond acceptors (Lipinski definition) is 4. The summed E-state index contributed by atoms with van der Waals surface area (Å²) in [7, 11) is -2.93. The second kappa shape index (κ2) is 7.48. The maximum Gasteiger partial charge on any atom is 0.151 e. The standard InChI is InChI=1S/C12H20ClNO2S2/c1-3-10(2)9-18(15,16)7-6-14-8-11-4-5-12(13)17-11/h4-5,10,14H,3,6-9H2,1-2H3. The molecule has 0 aliphatic carbocycles. The summed E-state index contributed by atoms with van der Waals surface area (Å²) in [4.78, 5) is 1.12. The van der Waals surface area contributed by atoms with Gasteiger partial charge in [-0.2, -0.15) is 0 Å². The Morgan fingerprint density at radius 1 is 1.44 bits per heavy atom. The first-order valence-electron chi connectivity index (χ1n) is 6.08. The summed E-state index contributed by atoms with van der Waals surface area (Å²) >= 11 is 7.33. The van der Waals surface area contributed by atoms with Crippen molar-refractivity contribution >= 4 is 32.8 Å². The van der Waals surface area contributed by atoms with Gasteiger partial charge in [0, 0.05) is 18.0 Å². The fourth-order valence-corrected chi connectivity index (χ4v) is 4.30. The average Bonchev–Trinajstić information content (AvgIpc) is 2.70. The number of halogens is 1. The van der Waals surface area contributed by atoms with Crippen LogP contribution >= 0.6 is 22.9 Å². The van der Waals surface area contributed by atoms with Crippen LogP contribution in [-0.4, -0.2) is 26.5 Å². The Bertz CT molecular complexity index is 456. The van der Waals surface area contributed by atoms with Crippen molar-refractivity contribution in [2.24, 2.45) is 5.92 Å². The normalized spacial score (nSPS) is 13.7. The summed E-state index contributed by atoms with van der Waals surface area (Å²) in [5, 5.41) is 3.13. The van der Waals surface area contributed by atoms with Crippen molar-refractivity contribution in [1.82, 2.24) is 5.32 Å². The van der Waals surface area contributed by atoms with Crippen molar-refractivity contribution in [2.75, 3.05) is 18.1 Å². The van der Waals surface area contributed by atoms with Gasteiger partial charge in [0.1, 0.15) is 0 Å². The van der Waals surface area contributed by atoms with Crippen molar-refractivity contribution in [3.63, 3.8) is 0 Å². The lowest BCUT2D eigenvalue weighted by molar-refractivity contribution is 0.561. The smallest absolute Gasteiger partial charge is 0.151 e. The van der Waals surface area contributed by atoms with Crippen molar-refractivity contribution < 1.29 is 8.42 Å². The monoisotopic (exact) mass is 309 g/mol.